The maximum absolute atomic E-state index is 5.66. The molecule has 0 unspecified atom stereocenters. The van der Waals surface area contributed by atoms with Gasteiger partial charge >= 0.3 is 0 Å². The zero-order valence-electron chi connectivity index (χ0n) is 11.1. The molecule has 0 amide bonds. The Morgan fingerprint density at radius 3 is 2.79 bits per heavy atom. The van der Waals surface area contributed by atoms with Crippen LogP contribution in [0.4, 0.5) is 0 Å². The van der Waals surface area contributed by atoms with Gasteiger partial charge in [-0.3, -0.25) is 4.68 Å². The number of nitrogens with zero attached hydrogens (tertiary/aromatic N) is 3. The minimum atomic E-state index is 0.677. The van der Waals surface area contributed by atoms with Gasteiger partial charge in [0.15, 0.2) is 0 Å². The van der Waals surface area contributed by atoms with Crippen molar-refractivity contribution in [3.8, 4) is 0 Å². The number of benzene rings is 1. The molecule has 102 valence electrons. The summed E-state index contributed by atoms with van der Waals surface area (Å²) in [6.07, 6.45) is 3.88. The molecule has 1 aromatic carbocycles. The molecule has 19 heavy (non-hydrogen) atoms. The van der Waals surface area contributed by atoms with Gasteiger partial charge in [-0.2, -0.15) is 0 Å². The van der Waals surface area contributed by atoms with Crippen LogP contribution >= 0.6 is 23.4 Å². The highest BCUT2D eigenvalue weighted by Crippen LogP contribution is 2.18. The molecule has 0 saturated heterocycles. The first-order chi connectivity index (χ1) is 9.28. The van der Waals surface area contributed by atoms with E-state index >= 15 is 0 Å². The van der Waals surface area contributed by atoms with E-state index in [1.807, 2.05) is 22.6 Å². The lowest BCUT2D eigenvalue weighted by molar-refractivity contribution is 0.632. The first-order valence-electron chi connectivity index (χ1n) is 6.42. The second kappa shape index (κ2) is 7.56. The van der Waals surface area contributed by atoms with Crippen molar-refractivity contribution in [2.75, 3.05) is 11.6 Å². The molecule has 0 bridgehead atoms. The Labute approximate surface area is 123 Å². The molecule has 0 aliphatic carbocycles. The summed E-state index contributed by atoms with van der Waals surface area (Å²) < 4.78 is 1.91. The Morgan fingerprint density at radius 2 is 2.05 bits per heavy atom. The Morgan fingerprint density at radius 1 is 1.26 bits per heavy atom. The highest BCUT2D eigenvalue weighted by Gasteiger charge is 2.01. The summed E-state index contributed by atoms with van der Waals surface area (Å²) in [7, 11) is 0. The van der Waals surface area contributed by atoms with Gasteiger partial charge in [0, 0.05) is 22.7 Å². The van der Waals surface area contributed by atoms with Crippen LogP contribution in [0.2, 0.25) is 0 Å². The van der Waals surface area contributed by atoms with E-state index in [1.54, 1.807) is 0 Å². The molecule has 1 aromatic heterocycles. The number of halogens is 1. The van der Waals surface area contributed by atoms with Crippen molar-refractivity contribution in [3.63, 3.8) is 0 Å². The second-order valence-electron chi connectivity index (χ2n) is 4.43. The van der Waals surface area contributed by atoms with Crippen LogP contribution in [-0.2, 0) is 13.0 Å². The molecule has 1 heterocycles. The number of thioether (sulfide) groups is 1. The molecule has 0 atom stereocenters. The minimum absolute atomic E-state index is 0.677. The number of aryl methyl sites for hydroxylation is 3. The highest BCUT2D eigenvalue weighted by molar-refractivity contribution is 7.99. The fourth-order valence-electron chi connectivity index (χ4n) is 1.70. The zero-order chi connectivity index (χ0) is 13.5. The molecule has 2 aromatic rings. The van der Waals surface area contributed by atoms with Gasteiger partial charge in [-0.1, -0.05) is 22.9 Å². The van der Waals surface area contributed by atoms with Crippen LogP contribution in [0.15, 0.2) is 35.4 Å². The first kappa shape index (κ1) is 14.4. The smallest absolute Gasteiger partial charge is 0.0827 e. The van der Waals surface area contributed by atoms with E-state index in [0.717, 1.165) is 30.8 Å². The third-order valence-electron chi connectivity index (χ3n) is 2.76. The van der Waals surface area contributed by atoms with Crippen LogP contribution in [0.3, 0.4) is 0 Å². The molecule has 0 aliphatic rings. The quantitative estimate of drug-likeness (QED) is 0.578. The van der Waals surface area contributed by atoms with Crippen LogP contribution in [-0.4, -0.2) is 26.6 Å². The molecule has 0 spiro atoms. The van der Waals surface area contributed by atoms with Crippen molar-refractivity contribution >= 4 is 23.4 Å². The van der Waals surface area contributed by atoms with E-state index in [2.05, 4.69) is 41.5 Å². The van der Waals surface area contributed by atoms with Crippen molar-refractivity contribution in [2.45, 2.75) is 31.2 Å². The third kappa shape index (κ3) is 4.88. The van der Waals surface area contributed by atoms with Gasteiger partial charge in [-0.25, -0.2) is 0 Å². The lowest BCUT2D eigenvalue weighted by Crippen LogP contribution is -2.00. The number of alkyl halides is 1. The number of aromatic nitrogens is 3. The van der Waals surface area contributed by atoms with Gasteiger partial charge in [0.05, 0.1) is 12.2 Å². The van der Waals surface area contributed by atoms with Crippen LogP contribution < -0.4 is 0 Å². The fraction of sp³-hybridized carbons (Fsp3) is 0.429. The van der Waals surface area contributed by atoms with Crippen molar-refractivity contribution in [1.29, 1.82) is 0 Å². The molecule has 5 heteroatoms. The Balaban J connectivity index is 1.76. The summed E-state index contributed by atoms with van der Waals surface area (Å²) >= 11 is 7.50. The molecule has 0 saturated carbocycles. The maximum Gasteiger partial charge on any atom is 0.0827 e. The molecule has 0 radical (unpaired) electrons. The lowest BCUT2D eigenvalue weighted by Gasteiger charge is -2.02. The summed E-state index contributed by atoms with van der Waals surface area (Å²) in [5, 5.41) is 8.26. The van der Waals surface area contributed by atoms with E-state index in [0.29, 0.717) is 5.88 Å². The summed E-state index contributed by atoms with van der Waals surface area (Å²) in [6.45, 7) is 2.98. The fourth-order valence-corrected chi connectivity index (χ4v) is 2.68. The van der Waals surface area contributed by atoms with Crippen molar-refractivity contribution in [2.24, 2.45) is 0 Å². The molecular weight excluding hydrogens is 278 g/mol. The first-order valence-corrected chi connectivity index (χ1v) is 7.94. The predicted octanol–water partition coefficient (Wildman–Crippen LogP) is 3.55. The van der Waals surface area contributed by atoms with E-state index in [1.165, 1.54) is 10.5 Å². The summed E-state index contributed by atoms with van der Waals surface area (Å²) in [5.41, 5.74) is 2.32. The zero-order valence-corrected chi connectivity index (χ0v) is 12.6. The average molecular weight is 296 g/mol. The minimum Gasteiger partial charge on any atom is -0.251 e. The Hall–Kier alpha value is -1.00. The number of hydrogen-bond acceptors (Lipinski definition) is 3. The van der Waals surface area contributed by atoms with Gasteiger partial charge in [-0.15, -0.1) is 28.5 Å². The SMILES string of the molecule is Cc1ccc(SCCn2cc(CCCCl)nn2)cc1. The van der Waals surface area contributed by atoms with Gasteiger partial charge in [0.1, 0.15) is 0 Å². The van der Waals surface area contributed by atoms with Crippen molar-refractivity contribution < 1.29 is 0 Å². The van der Waals surface area contributed by atoms with E-state index < -0.39 is 0 Å². The van der Waals surface area contributed by atoms with E-state index in [-0.39, 0.29) is 0 Å². The van der Waals surface area contributed by atoms with E-state index in [4.69, 9.17) is 11.6 Å². The molecule has 0 fully saturated rings. The summed E-state index contributed by atoms with van der Waals surface area (Å²) in [5.74, 6) is 1.68. The monoisotopic (exact) mass is 295 g/mol. The molecule has 2 rings (SSSR count). The lowest BCUT2D eigenvalue weighted by atomic mass is 10.2. The molecule has 3 nitrogen and oxygen atoms in total. The van der Waals surface area contributed by atoms with Gasteiger partial charge in [-0.05, 0) is 31.9 Å². The second-order valence-corrected chi connectivity index (χ2v) is 5.97. The normalized spacial score (nSPS) is 10.8. The molecule has 0 N–H and O–H groups in total. The van der Waals surface area contributed by atoms with Crippen molar-refractivity contribution in [3.05, 3.63) is 41.7 Å². The van der Waals surface area contributed by atoms with E-state index in [9.17, 15) is 0 Å². The Kier molecular flexibility index (Phi) is 5.73. The van der Waals surface area contributed by atoms with Crippen molar-refractivity contribution in [1.82, 2.24) is 15.0 Å². The average Bonchev–Trinajstić information content (AvgIpc) is 2.87. The van der Waals surface area contributed by atoms with Crippen LogP contribution in [0.1, 0.15) is 17.7 Å². The van der Waals surface area contributed by atoms with Crippen LogP contribution in [0, 0.1) is 6.92 Å². The van der Waals surface area contributed by atoms with Gasteiger partial charge in [0.25, 0.3) is 0 Å². The summed E-state index contributed by atoms with van der Waals surface area (Å²) in [4.78, 5) is 1.30. The Bertz CT molecular complexity index is 496. The van der Waals surface area contributed by atoms with Crippen LogP contribution in [0.25, 0.3) is 0 Å². The molecular formula is C14H18ClN3S. The largest absolute Gasteiger partial charge is 0.251 e. The standard InChI is InChI=1S/C14H18ClN3S/c1-12-4-6-14(7-5-12)19-10-9-18-11-13(16-17-18)3-2-8-15/h4-7,11H,2-3,8-10H2,1H3. The third-order valence-corrected chi connectivity index (χ3v) is 4.02. The number of hydrogen-bond donors (Lipinski definition) is 0. The summed E-state index contributed by atoms with van der Waals surface area (Å²) in [6, 6.07) is 8.60. The van der Waals surface area contributed by atoms with Crippen LogP contribution in [0.5, 0.6) is 0 Å². The highest BCUT2D eigenvalue weighted by atomic mass is 35.5. The predicted molar refractivity (Wildman–Crippen MR) is 81.0 cm³/mol. The van der Waals surface area contributed by atoms with Gasteiger partial charge < -0.3 is 0 Å². The number of rotatable bonds is 7. The topological polar surface area (TPSA) is 30.7 Å². The van der Waals surface area contributed by atoms with Gasteiger partial charge in [0.2, 0.25) is 0 Å². The maximum atomic E-state index is 5.66. The molecule has 0 aliphatic heterocycles.